The maximum absolute atomic E-state index is 14.9. The Hall–Kier alpha value is -2.76. The Labute approximate surface area is 240 Å². The zero-order chi connectivity index (χ0) is 29.1. The lowest BCUT2D eigenvalue weighted by Crippen LogP contribution is -2.43. The van der Waals surface area contributed by atoms with Gasteiger partial charge in [0.1, 0.15) is 12.4 Å². The third-order valence-corrected chi connectivity index (χ3v) is 7.44. The number of hydrogen-bond acceptors (Lipinski definition) is 6. The molecule has 0 unspecified atom stereocenters. The predicted molar refractivity (Wildman–Crippen MR) is 151 cm³/mol. The van der Waals surface area contributed by atoms with Gasteiger partial charge in [0, 0.05) is 51.5 Å². The number of nitrogens with zero attached hydrogens (tertiary/aromatic N) is 3. The number of benzene rings is 2. The number of anilines is 1. The lowest BCUT2D eigenvalue weighted by molar-refractivity contribution is -0.185. The van der Waals surface area contributed by atoms with Crippen molar-refractivity contribution in [3.63, 3.8) is 0 Å². The van der Waals surface area contributed by atoms with Gasteiger partial charge in [-0.25, -0.2) is 9.18 Å². The normalized spacial score (nSPS) is 14.2. The van der Waals surface area contributed by atoms with Crippen LogP contribution >= 0.6 is 11.6 Å². The number of unbranched alkanes of at least 4 members (excludes halogenated alkanes) is 3. The van der Waals surface area contributed by atoms with E-state index in [4.69, 9.17) is 25.8 Å². The highest BCUT2D eigenvalue weighted by Crippen LogP contribution is 2.41. The third kappa shape index (κ3) is 7.92. The van der Waals surface area contributed by atoms with E-state index in [9.17, 15) is 19.1 Å². The second-order valence-corrected chi connectivity index (χ2v) is 10.1. The Morgan fingerprint density at radius 1 is 1.05 bits per heavy atom. The van der Waals surface area contributed by atoms with E-state index < -0.39 is 23.6 Å². The van der Waals surface area contributed by atoms with Crippen LogP contribution in [0.25, 0.3) is 0 Å². The molecule has 1 saturated heterocycles. The highest BCUT2D eigenvalue weighted by atomic mass is 35.5. The number of likely N-dealkylation sites (N-methyl/N-ethyl adjacent to an activating group) is 1. The molecule has 2 aromatic carbocycles. The molecule has 220 valence electrons. The van der Waals surface area contributed by atoms with E-state index in [0.717, 1.165) is 57.0 Å². The molecule has 0 saturated carbocycles. The molecule has 0 radical (unpaired) electrons. The van der Waals surface area contributed by atoms with E-state index in [1.807, 2.05) is 0 Å². The van der Waals surface area contributed by atoms with Gasteiger partial charge in [-0.05, 0) is 43.7 Å². The first-order chi connectivity index (χ1) is 19.2. The summed E-state index contributed by atoms with van der Waals surface area (Å²) in [6.07, 6.45) is 2.38. The van der Waals surface area contributed by atoms with Crippen molar-refractivity contribution >= 4 is 29.3 Å². The summed E-state index contributed by atoms with van der Waals surface area (Å²) in [5.41, 5.74) is 0.744. The Bertz CT molecular complexity index is 1130. The minimum Gasteiger partial charge on any atom is -0.465 e. The number of rotatable bonds is 14. The molecule has 3 rings (SSSR count). The van der Waals surface area contributed by atoms with Crippen molar-refractivity contribution in [3.05, 3.63) is 64.4 Å². The number of ether oxygens (including phenoxy) is 3. The van der Waals surface area contributed by atoms with E-state index in [0.29, 0.717) is 22.7 Å². The lowest BCUT2D eigenvalue weighted by atomic mass is 9.94. The fraction of sp³-hybridized carbons (Fsp3) is 0.517. The van der Waals surface area contributed by atoms with Crippen LogP contribution in [0.2, 0.25) is 5.02 Å². The van der Waals surface area contributed by atoms with E-state index in [2.05, 4.69) is 4.90 Å². The highest BCUT2D eigenvalue weighted by Gasteiger charge is 2.40. The molecule has 0 bridgehead atoms. The lowest BCUT2D eigenvalue weighted by Gasteiger charge is -2.35. The van der Waals surface area contributed by atoms with Gasteiger partial charge in [0.2, 0.25) is 11.7 Å². The third-order valence-electron chi connectivity index (χ3n) is 7.20. The van der Waals surface area contributed by atoms with Crippen molar-refractivity contribution in [2.24, 2.45) is 0 Å². The molecule has 0 aromatic heterocycles. The molecule has 0 aliphatic carbocycles. The quantitative estimate of drug-likeness (QED) is 0.254. The number of halogens is 2. The van der Waals surface area contributed by atoms with Gasteiger partial charge in [0.05, 0.1) is 24.5 Å². The van der Waals surface area contributed by atoms with E-state index in [1.54, 1.807) is 30.3 Å². The number of carbonyl (C=O) groups is 2. The van der Waals surface area contributed by atoms with Gasteiger partial charge in [-0.3, -0.25) is 14.6 Å². The molecular weight excluding hydrogens is 541 g/mol. The summed E-state index contributed by atoms with van der Waals surface area (Å²) in [5, 5.41) is 10.1. The van der Waals surface area contributed by atoms with Crippen molar-refractivity contribution in [1.29, 1.82) is 0 Å². The van der Waals surface area contributed by atoms with Crippen molar-refractivity contribution in [2.45, 2.75) is 31.5 Å². The second-order valence-electron chi connectivity index (χ2n) is 9.69. The molecule has 9 nitrogen and oxygen atoms in total. The van der Waals surface area contributed by atoms with Crippen LogP contribution in [0, 0.1) is 5.82 Å². The van der Waals surface area contributed by atoms with Crippen LogP contribution in [0.4, 0.5) is 14.9 Å². The molecule has 1 aliphatic heterocycles. The predicted octanol–water partition coefficient (Wildman–Crippen LogP) is 4.81. The van der Waals surface area contributed by atoms with Crippen LogP contribution in [-0.4, -0.2) is 94.1 Å². The van der Waals surface area contributed by atoms with Gasteiger partial charge in [0.25, 0.3) is 0 Å². The number of amides is 2. The summed E-state index contributed by atoms with van der Waals surface area (Å²) < 4.78 is 31.8. The molecule has 1 heterocycles. The van der Waals surface area contributed by atoms with Crippen LogP contribution in [0.1, 0.15) is 36.8 Å². The maximum atomic E-state index is 14.9. The van der Waals surface area contributed by atoms with E-state index in [-0.39, 0.29) is 18.7 Å². The molecule has 2 aromatic rings. The zero-order valence-corrected chi connectivity index (χ0v) is 24.2. The minimum atomic E-state index is -1.71. The zero-order valence-electron chi connectivity index (χ0n) is 23.4. The summed E-state index contributed by atoms with van der Waals surface area (Å²) in [7, 11) is 4.27. The van der Waals surface area contributed by atoms with Crippen molar-refractivity contribution in [1.82, 2.24) is 9.80 Å². The average molecular weight is 580 g/mol. The molecule has 40 heavy (non-hydrogen) atoms. The monoisotopic (exact) mass is 579 g/mol. The highest BCUT2D eigenvalue weighted by molar-refractivity contribution is 6.30. The van der Waals surface area contributed by atoms with Crippen molar-refractivity contribution in [2.75, 3.05) is 72.1 Å². The standard InChI is InChI=1S/C29H39ClFN3O6/c1-32(27(35)21-34(28(36)37)15-9-5-4-8-14-33-16-18-40-19-17-33)26-13-12-22(30)20-24(26)29(38-2,39-3)23-10-6-7-11-25(23)31/h6-7,10-13,20H,4-5,8-9,14-19,21H2,1-3H3,(H,36,37). The van der Waals surface area contributed by atoms with Crippen molar-refractivity contribution in [3.8, 4) is 0 Å². The summed E-state index contributed by atoms with van der Waals surface area (Å²) in [6, 6.07) is 10.8. The van der Waals surface area contributed by atoms with Crippen LogP contribution in [0.3, 0.4) is 0 Å². The molecule has 0 spiro atoms. The average Bonchev–Trinajstić information content (AvgIpc) is 2.96. The maximum Gasteiger partial charge on any atom is 0.407 e. The summed E-state index contributed by atoms with van der Waals surface area (Å²) in [5.74, 6) is -2.74. The first-order valence-corrected chi connectivity index (χ1v) is 13.8. The Kier molecular flexibility index (Phi) is 12.1. The van der Waals surface area contributed by atoms with Crippen LogP contribution in [0.15, 0.2) is 42.5 Å². The number of carbonyl (C=O) groups excluding carboxylic acids is 1. The molecule has 1 fully saturated rings. The molecule has 0 atom stereocenters. The van der Waals surface area contributed by atoms with Crippen LogP contribution in [0.5, 0.6) is 0 Å². The van der Waals surface area contributed by atoms with Crippen LogP contribution < -0.4 is 4.90 Å². The summed E-state index contributed by atoms with van der Waals surface area (Å²) >= 11 is 6.31. The fourth-order valence-electron chi connectivity index (χ4n) is 4.92. The van der Waals surface area contributed by atoms with E-state index in [1.165, 1.54) is 38.3 Å². The van der Waals surface area contributed by atoms with Gasteiger partial charge in [-0.1, -0.05) is 42.6 Å². The topological polar surface area (TPSA) is 91.8 Å². The largest absolute Gasteiger partial charge is 0.465 e. The molecule has 1 aliphatic rings. The molecule has 2 amide bonds. The summed E-state index contributed by atoms with van der Waals surface area (Å²) in [4.78, 5) is 30.1. The van der Waals surface area contributed by atoms with Gasteiger partial charge in [-0.2, -0.15) is 0 Å². The van der Waals surface area contributed by atoms with Gasteiger partial charge >= 0.3 is 6.09 Å². The second kappa shape index (κ2) is 15.3. The molecule has 1 N–H and O–H groups in total. The fourth-order valence-corrected chi connectivity index (χ4v) is 5.10. The molecule has 11 heteroatoms. The first kappa shape index (κ1) is 31.8. The first-order valence-electron chi connectivity index (χ1n) is 13.4. The molecular formula is C29H39ClFN3O6. The van der Waals surface area contributed by atoms with Crippen LogP contribution in [-0.2, 0) is 24.8 Å². The Morgan fingerprint density at radius 3 is 2.38 bits per heavy atom. The number of morpholine rings is 1. The minimum absolute atomic E-state index is 0.102. The Balaban J connectivity index is 1.69. The summed E-state index contributed by atoms with van der Waals surface area (Å²) in [6.45, 7) is 4.37. The smallest absolute Gasteiger partial charge is 0.407 e. The van der Waals surface area contributed by atoms with E-state index >= 15 is 0 Å². The van der Waals surface area contributed by atoms with Gasteiger partial charge < -0.3 is 24.2 Å². The number of carboxylic acid groups (broad SMARTS) is 1. The number of hydrogen-bond donors (Lipinski definition) is 1. The van der Waals surface area contributed by atoms with Gasteiger partial charge in [-0.15, -0.1) is 0 Å². The van der Waals surface area contributed by atoms with Gasteiger partial charge in [0.15, 0.2) is 0 Å². The van der Waals surface area contributed by atoms with Crippen molar-refractivity contribution < 1.29 is 33.3 Å². The number of methoxy groups -OCH3 is 2. The SMILES string of the molecule is COC(OC)(c1ccccc1F)c1cc(Cl)ccc1N(C)C(=O)CN(CCCCCCN1CCOCC1)C(=O)O. The Morgan fingerprint density at radius 2 is 1.73 bits per heavy atom.